The van der Waals surface area contributed by atoms with E-state index in [1.54, 1.807) is 0 Å². The van der Waals surface area contributed by atoms with Crippen LogP contribution in [0.1, 0.15) is 18.9 Å². The number of benzene rings is 1. The third-order valence-corrected chi connectivity index (χ3v) is 2.34. The van der Waals surface area contributed by atoms with Crippen LogP contribution in [0, 0.1) is 6.92 Å². The van der Waals surface area contributed by atoms with E-state index in [0.717, 1.165) is 18.7 Å². The number of carbonyl (C=O) groups excluding carboxylic acids is 1. The molecule has 0 aliphatic carbocycles. The summed E-state index contributed by atoms with van der Waals surface area (Å²) in [4.78, 5) is 11.5. The second-order valence-corrected chi connectivity index (χ2v) is 3.95. The smallest absolute Gasteiger partial charge is 0.238 e. The number of anilines is 1. The summed E-state index contributed by atoms with van der Waals surface area (Å²) in [5.74, 6) is -0.00525. The van der Waals surface area contributed by atoms with Crippen molar-refractivity contribution in [3.05, 3.63) is 42.0 Å². The highest BCUT2D eigenvalue weighted by Crippen LogP contribution is 2.07. The minimum atomic E-state index is -0.00525. The molecule has 0 fully saturated rings. The summed E-state index contributed by atoms with van der Waals surface area (Å²) in [6.45, 7) is 5.19. The van der Waals surface area contributed by atoms with Gasteiger partial charge in [0.05, 0.1) is 6.54 Å². The maximum absolute atomic E-state index is 11.5. The summed E-state index contributed by atoms with van der Waals surface area (Å²) in [5.41, 5.74) is 2.03. The number of amides is 1. The topological polar surface area (TPSA) is 41.1 Å². The van der Waals surface area contributed by atoms with Crippen molar-refractivity contribution in [2.75, 3.05) is 18.4 Å². The largest absolute Gasteiger partial charge is 0.325 e. The Labute approximate surface area is 103 Å². The van der Waals surface area contributed by atoms with E-state index in [1.165, 1.54) is 5.56 Å². The Balaban J connectivity index is 2.23. The maximum atomic E-state index is 11.5. The van der Waals surface area contributed by atoms with Gasteiger partial charge in [0.25, 0.3) is 0 Å². The van der Waals surface area contributed by atoms with Gasteiger partial charge in [-0.1, -0.05) is 29.8 Å². The fourth-order valence-electron chi connectivity index (χ4n) is 1.40. The zero-order valence-corrected chi connectivity index (χ0v) is 10.5. The van der Waals surface area contributed by atoms with Gasteiger partial charge in [-0.25, -0.2) is 0 Å². The Morgan fingerprint density at radius 1 is 1.29 bits per heavy atom. The monoisotopic (exact) mass is 232 g/mol. The Bertz CT molecular complexity index is 368. The predicted molar refractivity (Wildman–Crippen MR) is 72.1 cm³/mol. The molecular formula is C14H20N2O. The molecule has 1 aromatic rings. The van der Waals surface area contributed by atoms with Crippen LogP contribution in [-0.4, -0.2) is 19.0 Å². The van der Waals surface area contributed by atoms with Gasteiger partial charge in [-0.2, -0.15) is 0 Å². The van der Waals surface area contributed by atoms with Crippen molar-refractivity contribution >= 4 is 11.6 Å². The minimum Gasteiger partial charge on any atom is -0.325 e. The average Bonchev–Trinajstić information content (AvgIpc) is 2.32. The van der Waals surface area contributed by atoms with Crippen LogP contribution >= 0.6 is 0 Å². The number of carbonyl (C=O) groups is 1. The molecule has 1 aromatic carbocycles. The highest BCUT2D eigenvalue weighted by molar-refractivity contribution is 5.92. The van der Waals surface area contributed by atoms with Crippen LogP contribution in [0.4, 0.5) is 5.69 Å². The van der Waals surface area contributed by atoms with Crippen molar-refractivity contribution < 1.29 is 4.79 Å². The van der Waals surface area contributed by atoms with Gasteiger partial charge < -0.3 is 10.6 Å². The number of nitrogens with one attached hydrogen (secondary N) is 2. The van der Waals surface area contributed by atoms with Gasteiger partial charge in [0.15, 0.2) is 0 Å². The van der Waals surface area contributed by atoms with E-state index in [2.05, 4.69) is 16.7 Å². The van der Waals surface area contributed by atoms with Gasteiger partial charge in [-0.05, 0) is 38.9 Å². The van der Waals surface area contributed by atoms with E-state index in [0.29, 0.717) is 6.54 Å². The number of hydrogen-bond acceptors (Lipinski definition) is 2. The third kappa shape index (κ3) is 5.88. The summed E-state index contributed by atoms with van der Waals surface area (Å²) in [7, 11) is 0. The second kappa shape index (κ2) is 7.63. The molecule has 17 heavy (non-hydrogen) atoms. The summed E-state index contributed by atoms with van der Waals surface area (Å²) >= 11 is 0. The first-order chi connectivity index (χ1) is 8.22. The van der Waals surface area contributed by atoms with Crippen molar-refractivity contribution in [1.29, 1.82) is 0 Å². The number of hydrogen-bond donors (Lipinski definition) is 2. The summed E-state index contributed by atoms with van der Waals surface area (Å²) in [6.07, 6.45) is 5.03. The number of rotatable bonds is 6. The lowest BCUT2D eigenvalue weighted by atomic mass is 10.2. The molecule has 0 aromatic heterocycles. The van der Waals surface area contributed by atoms with E-state index in [-0.39, 0.29) is 5.91 Å². The highest BCUT2D eigenvalue weighted by Gasteiger charge is 2.00. The molecule has 92 valence electrons. The molecule has 0 radical (unpaired) electrons. The van der Waals surface area contributed by atoms with Crippen LogP contribution in [0.15, 0.2) is 36.4 Å². The number of allylic oxidation sites excluding steroid dienone is 1. The van der Waals surface area contributed by atoms with Crippen LogP contribution in [-0.2, 0) is 4.79 Å². The van der Waals surface area contributed by atoms with E-state index in [9.17, 15) is 4.79 Å². The molecule has 1 amide bonds. The zero-order valence-electron chi connectivity index (χ0n) is 10.5. The van der Waals surface area contributed by atoms with Gasteiger partial charge >= 0.3 is 0 Å². The third-order valence-electron chi connectivity index (χ3n) is 2.34. The lowest BCUT2D eigenvalue weighted by Gasteiger charge is -2.06. The average molecular weight is 232 g/mol. The van der Waals surface area contributed by atoms with Crippen molar-refractivity contribution in [3.63, 3.8) is 0 Å². The van der Waals surface area contributed by atoms with Crippen LogP contribution < -0.4 is 10.6 Å². The van der Waals surface area contributed by atoms with E-state index >= 15 is 0 Å². The highest BCUT2D eigenvalue weighted by atomic mass is 16.1. The standard InChI is InChI=1S/C14H20N2O/c1-3-4-5-10-15-11-14(17)16-13-8-6-12(2)7-9-13/h3-4,6-9,15H,5,10-11H2,1-2H3,(H,16,17)/b4-3+. The molecule has 0 saturated heterocycles. The molecule has 0 spiro atoms. The molecule has 0 bridgehead atoms. The Kier molecular flexibility index (Phi) is 6.04. The molecule has 0 atom stereocenters. The molecule has 3 nitrogen and oxygen atoms in total. The van der Waals surface area contributed by atoms with E-state index in [4.69, 9.17) is 0 Å². The van der Waals surface area contributed by atoms with Gasteiger partial charge in [-0.15, -0.1) is 0 Å². The zero-order chi connectivity index (χ0) is 12.5. The van der Waals surface area contributed by atoms with Crippen LogP contribution in [0.25, 0.3) is 0 Å². The van der Waals surface area contributed by atoms with Crippen molar-refractivity contribution in [2.45, 2.75) is 20.3 Å². The predicted octanol–water partition coefficient (Wildman–Crippen LogP) is 2.49. The molecule has 0 unspecified atom stereocenters. The lowest BCUT2D eigenvalue weighted by Crippen LogP contribution is -2.28. The molecule has 0 aliphatic rings. The van der Waals surface area contributed by atoms with Gasteiger partial charge in [-0.3, -0.25) is 4.79 Å². The second-order valence-electron chi connectivity index (χ2n) is 3.95. The quantitative estimate of drug-likeness (QED) is 0.584. The number of aryl methyl sites for hydroxylation is 1. The first-order valence-electron chi connectivity index (χ1n) is 5.91. The normalized spacial score (nSPS) is 10.7. The van der Waals surface area contributed by atoms with Crippen LogP contribution in [0.2, 0.25) is 0 Å². The molecule has 0 heterocycles. The van der Waals surface area contributed by atoms with Crippen LogP contribution in [0.3, 0.4) is 0 Å². The van der Waals surface area contributed by atoms with Crippen molar-refractivity contribution in [2.24, 2.45) is 0 Å². The van der Waals surface area contributed by atoms with E-state index in [1.807, 2.05) is 44.2 Å². The fraction of sp³-hybridized carbons (Fsp3) is 0.357. The molecule has 0 saturated carbocycles. The summed E-state index contributed by atoms with van der Waals surface area (Å²) in [5, 5.41) is 5.93. The molecule has 3 heteroatoms. The Morgan fingerprint density at radius 2 is 2.00 bits per heavy atom. The molecule has 1 rings (SSSR count). The van der Waals surface area contributed by atoms with Crippen molar-refractivity contribution in [1.82, 2.24) is 5.32 Å². The Morgan fingerprint density at radius 3 is 2.65 bits per heavy atom. The van der Waals surface area contributed by atoms with Gasteiger partial charge in [0.1, 0.15) is 0 Å². The van der Waals surface area contributed by atoms with Crippen LogP contribution in [0.5, 0.6) is 0 Å². The maximum Gasteiger partial charge on any atom is 0.238 e. The van der Waals surface area contributed by atoms with Gasteiger partial charge in [0.2, 0.25) is 5.91 Å². The lowest BCUT2D eigenvalue weighted by molar-refractivity contribution is -0.115. The van der Waals surface area contributed by atoms with E-state index < -0.39 is 0 Å². The first-order valence-corrected chi connectivity index (χ1v) is 5.91. The summed E-state index contributed by atoms with van der Waals surface area (Å²) in [6, 6.07) is 7.78. The van der Waals surface area contributed by atoms with Gasteiger partial charge in [0, 0.05) is 5.69 Å². The van der Waals surface area contributed by atoms with Crippen molar-refractivity contribution in [3.8, 4) is 0 Å². The fourth-order valence-corrected chi connectivity index (χ4v) is 1.40. The summed E-state index contributed by atoms with van der Waals surface area (Å²) < 4.78 is 0. The SMILES string of the molecule is C/C=C/CCNCC(=O)Nc1ccc(C)cc1. The Hall–Kier alpha value is -1.61. The molecule has 2 N–H and O–H groups in total. The first kappa shape index (κ1) is 13.5. The molecule has 0 aliphatic heterocycles. The molecular weight excluding hydrogens is 212 g/mol. The minimum absolute atomic E-state index is 0.00525.